The van der Waals surface area contributed by atoms with Gasteiger partial charge in [-0.15, -0.1) is 0 Å². The molecule has 0 bridgehead atoms. The van der Waals surface area contributed by atoms with Crippen LogP contribution in [-0.2, 0) is 0 Å². The number of hydrogen-bond acceptors (Lipinski definition) is 5. The Morgan fingerprint density at radius 2 is 1.80 bits per heavy atom. The highest BCUT2D eigenvalue weighted by Gasteiger charge is 2.15. The molecule has 4 aromatic rings. The molecule has 0 aliphatic heterocycles. The summed E-state index contributed by atoms with van der Waals surface area (Å²) < 4.78 is 19.4. The molecule has 0 aliphatic carbocycles. The van der Waals surface area contributed by atoms with E-state index in [2.05, 4.69) is 15.3 Å². The Balaban J connectivity index is 1.67. The number of nitrogens with one attached hydrogen (secondary N) is 1. The summed E-state index contributed by atoms with van der Waals surface area (Å²) in [6.07, 6.45) is 3.30. The lowest BCUT2D eigenvalue weighted by Crippen LogP contribution is -2.09. The number of carboxylic acids is 1. The van der Waals surface area contributed by atoms with Gasteiger partial charge in [0.15, 0.2) is 0 Å². The second-order valence-electron chi connectivity index (χ2n) is 6.73. The van der Waals surface area contributed by atoms with Crippen molar-refractivity contribution >= 4 is 22.6 Å². The lowest BCUT2D eigenvalue weighted by Gasteiger charge is -2.18. The van der Waals surface area contributed by atoms with Crippen LogP contribution in [0.15, 0.2) is 73.1 Å². The van der Waals surface area contributed by atoms with Gasteiger partial charge in [0.25, 0.3) is 0 Å². The number of benzene rings is 2. The Morgan fingerprint density at radius 3 is 2.50 bits per heavy atom. The summed E-state index contributed by atoms with van der Waals surface area (Å²) in [4.78, 5) is 19.8. The Kier molecular flexibility index (Phi) is 5.26. The lowest BCUT2D eigenvalue weighted by molar-refractivity contribution is 0.0697. The molecule has 2 heterocycles. The maximum Gasteiger partial charge on any atom is 0.335 e. The lowest BCUT2D eigenvalue weighted by atomic mass is 10.1. The van der Waals surface area contributed by atoms with Crippen LogP contribution < -0.4 is 10.1 Å². The second kappa shape index (κ2) is 8.16. The van der Waals surface area contributed by atoms with E-state index in [1.54, 1.807) is 48.8 Å². The first-order valence-electron chi connectivity index (χ1n) is 9.28. The number of ether oxygens (including phenoxy) is 1. The minimum absolute atomic E-state index is 0.159. The van der Waals surface area contributed by atoms with E-state index in [9.17, 15) is 9.18 Å². The number of nitrogens with zero attached hydrogens (tertiary/aromatic N) is 2. The third kappa shape index (κ3) is 4.05. The topological polar surface area (TPSA) is 84.3 Å². The predicted molar refractivity (Wildman–Crippen MR) is 111 cm³/mol. The number of carboxylic acid groups (broad SMARTS) is 1. The van der Waals surface area contributed by atoms with Crippen LogP contribution in [0.1, 0.15) is 28.9 Å². The summed E-state index contributed by atoms with van der Waals surface area (Å²) in [6.45, 7) is 1.94. The molecular formula is C23H18FN3O3. The van der Waals surface area contributed by atoms with Gasteiger partial charge >= 0.3 is 5.97 Å². The Bertz CT molecular complexity index is 1210. The van der Waals surface area contributed by atoms with Crippen molar-refractivity contribution in [2.24, 2.45) is 0 Å². The van der Waals surface area contributed by atoms with Crippen LogP contribution in [-0.4, -0.2) is 21.0 Å². The molecule has 7 heteroatoms. The van der Waals surface area contributed by atoms with Gasteiger partial charge in [-0.2, -0.15) is 0 Å². The summed E-state index contributed by atoms with van der Waals surface area (Å²) in [5.74, 6) is -0.170. The summed E-state index contributed by atoms with van der Waals surface area (Å²) >= 11 is 0. The van der Waals surface area contributed by atoms with Crippen molar-refractivity contribution in [3.05, 3.63) is 90.0 Å². The van der Waals surface area contributed by atoms with Crippen molar-refractivity contribution < 1.29 is 19.0 Å². The smallest absolute Gasteiger partial charge is 0.335 e. The SMILES string of the molecule is C[C@H](Nc1nccc2ccnc(Oc3cccc(F)c3)c12)c1ccc(C(=O)O)cc1. The average Bonchev–Trinajstić information content (AvgIpc) is 2.74. The van der Waals surface area contributed by atoms with Crippen LogP contribution in [0.5, 0.6) is 11.6 Å². The van der Waals surface area contributed by atoms with Crippen LogP contribution in [0.2, 0.25) is 0 Å². The Morgan fingerprint density at radius 1 is 1.07 bits per heavy atom. The molecule has 0 radical (unpaired) electrons. The molecule has 1 atom stereocenters. The van der Waals surface area contributed by atoms with Crippen molar-refractivity contribution in [3.8, 4) is 11.6 Å². The summed E-state index contributed by atoms with van der Waals surface area (Å²) in [7, 11) is 0. The molecule has 4 rings (SSSR count). The van der Waals surface area contributed by atoms with Crippen LogP contribution in [0.4, 0.5) is 10.2 Å². The molecule has 6 nitrogen and oxygen atoms in total. The number of rotatable bonds is 6. The molecule has 2 N–H and O–H groups in total. The van der Waals surface area contributed by atoms with Crippen LogP contribution in [0.3, 0.4) is 0 Å². The van der Waals surface area contributed by atoms with E-state index in [0.29, 0.717) is 22.8 Å². The highest BCUT2D eigenvalue weighted by atomic mass is 19.1. The zero-order valence-electron chi connectivity index (χ0n) is 16.0. The van der Waals surface area contributed by atoms with Crippen molar-refractivity contribution in [2.75, 3.05) is 5.32 Å². The fourth-order valence-electron chi connectivity index (χ4n) is 3.12. The largest absolute Gasteiger partial charge is 0.478 e. The normalized spacial score (nSPS) is 11.8. The van der Waals surface area contributed by atoms with Crippen molar-refractivity contribution in [1.29, 1.82) is 0 Å². The Hall–Kier alpha value is -4.00. The first-order chi connectivity index (χ1) is 14.5. The van der Waals surface area contributed by atoms with E-state index in [1.807, 2.05) is 19.1 Å². The van der Waals surface area contributed by atoms with Crippen LogP contribution in [0, 0.1) is 5.82 Å². The number of hydrogen-bond donors (Lipinski definition) is 2. The average molecular weight is 403 g/mol. The number of anilines is 1. The summed E-state index contributed by atoms with van der Waals surface area (Å²) in [5, 5.41) is 13.9. The van der Waals surface area contributed by atoms with E-state index in [1.165, 1.54) is 12.1 Å². The van der Waals surface area contributed by atoms with E-state index in [0.717, 1.165) is 10.9 Å². The third-order valence-corrected chi connectivity index (χ3v) is 4.66. The predicted octanol–water partition coefficient (Wildman–Crippen LogP) is 5.43. The zero-order chi connectivity index (χ0) is 21.1. The number of carbonyl (C=O) groups is 1. The fourth-order valence-corrected chi connectivity index (χ4v) is 3.12. The molecule has 30 heavy (non-hydrogen) atoms. The van der Waals surface area contributed by atoms with Gasteiger partial charge in [0.05, 0.1) is 10.9 Å². The molecular weight excluding hydrogens is 385 g/mol. The summed E-state index contributed by atoms with van der Waals surface area (Å²) in [5.41, 5.74) is 1.12. The third-order valence-electron chi connectivity index (χ3n) is 4.66. The fraction of sp³-hybridized carbons (Fsp3) is 0.0870. The van der Waals surface area contributed by atoms with Gasteiger partial charge in [-0.1, -0.05) is 18.2 Å². The first-order valence-corrected chi connectivity index (χ1v) is 9.28. The number of aromatic carboxylic acids is 1. The van der Waals surface area contributed by atoms with Crippen LogP contribution >= 0.6 is 0 Å². The highest BCUT2D eigenvalue weighted by Crippen LogP contribution is 2.33. The monoisotopic (exact) mass is 403 g/mol. The number of halogens is 1. The molecule has 0 saturated carbocycles. The maximum atomic E-state index is 13.5. The van der Waals surface area contributed by atoms with Crippen LogP contribution in [0.25, 0.3) is 10.8 Å². The minimum Gasteiger partial charge on any atom is -0.478 e. The van der Waals surface area contributed by atoms with E-state index < -0.39 is 11.8 Å². The van der Waals surface area contributed by atoms with Gasteiger partial charge < -0.3 is 15.2 Å². The molecule has 0 aliphatic rings. The van der Waals surface area contributed by atoms with Gasteiger partial charge in [-0.05, 0) is 54.3 Å². The number of fused-ring (bicyclic) bond motifs is 1. The highest BCUT2D eigenvalue weighted by molar-refractivity contribution is 5.96. The van der Waals surface area contributed by atoms with Crippen molar-refractivity contribution in [2.45, 2.75) is 13.0 Å². The number of aromatic nitrogens is 2. The van der Waals surface area contributed by atoms with Crippen molar-refractivity contribution in [3.63, 3.8) is 0 Å². The van der Waals surface area contributed by atoms with Gasteiger partial charge in [0.2, 0.25) is 5.88 Å². The molecule has 0 saturated heterocycles. The second-order valence-corrected chi connectivity index (χ2v) is 6.73. The molecule has 150 valence electrons. The van der Waals surface area contributed by atoms with E-state index >= 15 is 0 Å². The minimum atomic E-state index is -0.969. The molecule has 2 aromatic heterocycles. The molecule has 0 amide bonds. The zero-order valence-corrected chi connectivity index (χ0v) is 16.0. The number of pyridine rings is 2. The Labute approximate surface area is 172 Å². The van der Waals surface area contributed by atoms with Crippen molar-refractivity contribution in [1.82, 2.24) is 9.97 Å². The summed E-state index contributed by atoms with van der Waals surface area (Å²) in [6, 6.07) is 16.0. The van der Waals surface area contributed by atoms with E-state index in [-0.39, 0.29) is 11.6 Å². The van der Waals surface area contributed by atoms with Gasteiger partial charge in [-0.25, -0.2) is 19.2 Å². The maximum absolute atomic E-state index is 13.5. The van der Waals surface area contributed by atoms with Gasteiger partial charge in [0.1, 0.15) is 17.4 Å². The standard InChI is InChI=1S/C23H18FN3O3/c1-14(15-5-7-17(8-6-15)23(28)29)27-21-20-16(9-11-25-21)10-12-26-22(20)30-19-4-2-3-18(24)13-19/h2-14H,1H3,(H,25,27)(H,28,29)/t14-/m0/s1. The molecule has 0 unspecified atom stereocenters. The van der Waals surface area contributed by atoms with Gasteiger partial charge in [-0.3, -0.25) is 0 Å². The quantitative estimate of drug-likeness (QED) is 0.446. The molecule has 0 spiro atoms. The molecule has 0 fully saturated rings. The molecule has 2 aromatic carbocycles. The first kappa shape index (κ1) is 19.3. The van der Waals surface area contributed by atoms with E-state index in [4.69, 9.17) is 9.84 Å². The van der Waals surface area contributed by atoms with Gasteiger partial charge in [0, 0.05) is 24.5 Å².